The molecule has 0 saturated carbocycles. The van der Waals surface area contributed by atoms with Crippen LogP contribution >= 0.6 is 0 Å². The van der Waals surface area contributed by atoms with E-state index in [-0.39, 0.29) is 12.3 Å². The van der Waals surface area contributed by atoms with Gasteiger partial charge in [-0.1, -0.05) is 0 Å². The molecule has 2 N–H and O–H groups in total. The van der Waals surface area contributed by atoms with Crippen molar-refractivity contribution in [2.75, 3.05) is 0 Å². The Morgan fingerprint density at radius 1 is 1.47 bits per heavy atom. The summed E-state index contributed by atoms with van der Waals surface area (Å²) in [5.74, 6) is -1.21. The number of carbonyl (C=O) groups is 2. The number of carboxylic acid groups (broad SMARTS) is 1. The quantitative estimate of drug-likeness (QED) is 0.807. The van der Waals surface area contributed by atoms with Gasteiger partial charge in [-0.15, -0.1) is 0 Å². The van der Waals surface area contributed by atoms with Crippen LogP contribution in [0.3, 0.4) is 0 Å². The van der Waals surface area contributed by atoms with E-state index in [1.807, 2.05) is 0 Å². The molecule has 0 bridgehead atoms. The van der Waals surface area contributed by atoms with Gasteiger partial charge in [-0.2, -0.15) is 5.10 Å². The SMILES string of the molecule is Cc1nn(C)c(C)c1C(=O)NC(C)CC(=O)O. The van der Waals surface area contributed by atoms with Crippen molar-refractivity contribution < 1.29 is 14.7 Å². The lowest BCUT2D eigenvalue weighted by Crippen LogP contribution is -2.34. The van der Waals surface area contributed by atoms with Crippen LogP contribution in [0.2, 0.25) is 0 Å². The van der Waals surface area contributed by atoms with Crippen molar-refractivity contribution in [3.8, 4) is 0 Å². The average molecular weight is 239 g/mol. The number of amides is 1. The molecule has 1 aromatic heterocycles. The van der Waals surface area contributed by atoms with Crippen molar-refractivity contribution in [3.63, 3.8) is 0 Å². The molecule has 94 valence electrons. The minimum atomic E-state index is -0.933. The largest absolute Gasteiger partial charge is 0.481 e. The number of aliphatic carboxylic acids is 1. The van der Waals surface area contributed by atoms with E-state index in [1.165, 1.54) is 0 Å². The monoisotopic (exact) mass is 239 g/mol. The molecule has 0 aliphatic rings. The van der Waals surface area contributed by atoms with Crippen molar-refractivity contribution in [1.29, 1.82) is 0 Å². The zero-order valence-corrected chi connectivity index (χ0v) is 10.4. The number of carbonyl (C=O) groups excluding carboxylic acids is 1. The second-order valence-electron chi connectivity index (χ2n) is 4.14. The molecule has 0 radical (unpaired) electrons. The van der Waals surface area contributed by atoms with Crippen LogP contribution in [0.4, 0.5) is 0 Å². The number of nitrogens with zero attached hydrogens (tertiary/aromatic N) is 2. The normalized spacial score (nSPS) is 12.2. The Hall–Kier alpha value is -1.85. The van der Waals surface area contributed by atoms with Gasteiger partial charge in [0.05, 0.1) is 17.7 Å². The van der Waals surface area contributed by atoms with E-state index < -0.39 is 12.0 Å². The summed E-state index contributed by atoms with van der Waals surface area (Å²) in [4.78, 5) is 22.4. The van der Waals surface area contributed by atoms with Crippen LogP contribution in [0.15, 0.2) is 0 Å². The maximum Gasteiger partial charge on any atom is 0.305 e. The van der Waals surface area contributed by atoms with Crippen molar-refractivity contribution >= 4 is 11.9 Å². The third-order valence-electron chi connectivity index (χ3n) is 2.59. The Labute approximate surface area is 99.6 Å². The van der Waals surface area contributed by atoms with Crippen molar-refractivity contribution in [2.24, 2.45) is 7.05 Å². The molecule has 0 aliphatic heterocycles. The number of carboxylic acids is 1. The second-order valence-corrected chi connectivity index (χ2v) is 4.14. The Bertz CT molecular complexity index is 451. The van der Waals surface area contributed by atoms with Crippen LogP contribution in [0, 0.1) is 13.8 Å². The first-order valence-electron chi connectivity index (χ1n) is 5.35. The van der Waals surface area contributed by atoms with Crippen LogP contribution in [-0.2, 0) is 11.8 Å². The Balaban J connectivity index is 2.80. The van der Waals surface area contributed by atoms with Gasteiger partial charge < -0.3 is 10.4 Å². The molecule has 17 heavy (non-hydrogen) atoms. The lowest BCUT2D eigenvalue weighted by molar-refractivity contribution is -0.137. The van der Waals surface area contributed by atoms with E-state index in [0.717, 1.165) is 5.69 Å². The summed E-state index contributed by atoms with van der Waals surface area (Å²) in [6, 6.07) is -0.404. The fourth-order valence-corrected chi connectivity index (χ4v) is 1.71. The zero-order valence-electron chi connectivity index (χ0n) is 10.4. The summed E-state index contributed by atoms with van der Waals surface area (Å²) in [6.45, 7) is 5.22. The summed E-state index contributed by atoms with van der Waals surface area (Å²) < 4.78 is 1.63. The molecule has 1 rings (SSSR count). The molecule has 0 fully saturated rings. The fourth-order valence-electron chi connectivity index (χ4n) is 1.71. The second kappa shape index (κ2) is 4.99. The summed E-state index contributed by atoms with van der Waals surface area (Å²) in [5.41, 5.74) is 1.93. The first kappa shape index (κ1) is 13.2. The molecule has 1 aromatic rings. The molecular formula is C11H17N3O3. The molecule has 0 spiro atoms. The van der Waals surface area contributed by atoms with Crippen LogP contribution in [-0.4, -0.2) is 32.8 Å². The molecule has 0 aliphatic carbocycles. The highest BCUT2D eigenvalue weighted by molar-refractivity contribution is 5.96. The molecule has 0 saturated heterocycles. The van der Waals surface area contributed by atoms with Gasteiger partial charge in [0.2, 0.25) is 0 Å². The van der Waals surface area contributed by atoms with Crippen LogP contribution < -0.4 is 5.32 Å². The minimum Gasteiger partial charge on any atom is -0.481 e. The third kappa shape index (κ3) is 3.05. The van der Waals surface area contributed by atoms with Crippen LogP contribution in [0.25, 0.3) is 0 Å². The maximum atomic E-state index is 11.9. The number of rotatable bonds is 4. The highest BCUT2D eigenvalue weighted by Crippen LogP contribution is 2.11. The minimum absolute atomic E-state index is 0.0932. The van der Waals surface area contributed by atoms with Gasteiger partial charge in [-0.25, -0.2) is 0 Å². The molecule has 6 nitrogen and oxygen atoms in total. The van der Waals surface area contributed by atoms with E-state index in [2.05, 4.69) is 10.4 Å². The van der Waals surface area contributed by atoms with Crippen molar-refractivity contribution in [3.05, 3.63) is 17.0 Å². The third-order valence-corrected chi connectivity index (χ3v) is 2.59. The van der Waals surface area contributed by atoms with Gasteiger partial charge >= 0.3 is 5.97 Å². The number of hydrogen-bond acceptors (Lipinski definition) is 3. The zero-order chi connectivity index (χ0) is 13.2. The standard InChI is InChI=1S/C11H17N3O3/c1-6(5-9(15)16)12-11(17)10-7(2)13-14(4)8(10)3/h6H,5H2,1-4H3,(H,12,17)(H,15,16). The van der Waals surface area contributed by atoms with Gasteiger partial charge in [0, 0.05) is 18.8 Å². The predicted octanol–water partition coefficient (Wildman–Crippen LogP) is 0.630. The molecule has 6 heteroatoms. The maximum absolute atomic E-state index is 11.9. The average Bonchev–Trinajstić information content (AvgIpc) is 2.39. The first-order chi connectivity index (χ1) is 7.82. The van der Waals surface area contributed by atoms with Gasteiger partial charge in [-0.3, -0.25) is 14.3 Å². The summed E-state index contributed by atoms with van der Waals surface area (Å²) in [7, 11) is 1.76. The number of aryl methyl sites for hydroxylation is 2. The smallest absolute Gasteiger partial charge is 0.305 e. The van der Waals surface area contributed by atoms with E-state index in [0.29, 0.717) is 11.3 Å². The molecule has 1 amide bonds. The van der Waals surface area contributed by atoms with E-state index >= 15 is 0 Å². The van der Waals surface area contributed by atoms with E-state index in [4.69, 9.17) is 5.11 Å². The van der Waals surface area contributed by atoms with Gasteiger partial charge in [0.25, 0.3) is 5.91 Å². The molecule has 1 heterocycles. The number of aromatic nitrogens is 2. The lowest BCUT2D eigenvalue weighted by Gasteiger charge is -2.11. The van der Waals surface area contributed by atoms with E-state index in [9.17, 15) is 9.59 Å². The molecule has 1 atom stereocenters. The topological polar surface area (TPSA) is 84.2 Å². The number of hydrogen-bond donors (Lipinski definition) is 2. The van der Waals surface area contributed by atoms with Crippen molar-refractivity contribution in [1.82, 2.24) is 15.1 Å². The molecule has 0 aromatic carbocycles. The van der Waals surface area contributed by atoms with Crippen LogP contribution in [0.1, 0.15) is 35.1 Å². The highest BCUT2D eigenvalue weighted by atomic mass is 16.4. The molecular weight excluding hydrogens is 222 g/mol. The van der Waals surface area contributed by atoms with Gasteiger partial charge in [-0.05, 0) is 20.8 Å². The van der Waals surface area contributed by atoms with Gasteiger partial charge in [0.1, 0.15) is 0 Å². The predicted molar refractivity (Wildman–Crippen MR) is 61.9 cm³/mol. The summed E-state index contributed by atoms with van der Waals surface area (Å²) >= 11 is 0. The first-order valence-corrected chi connectivity index (χ1v) is 5.35. The van der Waals surface area contributed by atoms with Crippen molar-refractivity contribution in [2.45, 2.75) is 33.2 Å². The summed E-state index contributed by atoms with van der Waals surface area (Å²) in [5, 5.41) is 15.4. The Kier molecular flexibility index (Phi) is 3.88. The Morgan fingerprint density at radius 2 is 2.06 bits per heavy atom. The lowest BCUT2D eigenvalue weighted by atomic mass is 10.1. The molecule has 1 unspecified atom stereocenters. The fraction of sp³-hybridized carbons (Fsp3) is 0.545. The Morgan fingerprint density at radius 3 is 2.47 bits per heavy atom. The number of nitrogens with one attached hydrogen (secondary N) is 1. The summed E-state index contributed by atoms with van der Waals surface area (Å²) in [6.07, 6.45) is -0.0932. The highest BCUT2D eigenvalue weighted by Gasteiger charge is 2.19. The van der Waals surface area contributed by atoms with Crippen LogP contribution in [0.5, 0.6) is 0 Å². The van der Waals surface area contributed by atoms with E-state index in [1.54, 1.807) is 32.5 Å². The van der Waals surface area contributed by atoms with Gasteiger partial charge in [0.15, 0.2) is 0 Å².